The average Bonchev–Trinajstić information content (AvgIpc) is 3.51. The van der Waals surface area contributed by atoms with Crippen molar-refractivity contribution in [2.45, 2.75) is 38.8 Å². The molecule has 28 heavy (non-hydrogen) atoms. The standard InChI is InChI=1S/C21H23N3O4/c1-13-6-8-15(9-7-13)19(16-10-11-16)23-20(25)14(2)22-21(26)17-4-3-5-18(12-17)24(27)28/h3-9,12,14,16,19H,10-11H2,1-2H3,(H,22,26)(H,23,25). The minimum atomic E-state index is -0.765. The molecular formula is C21H23N3O4. The van der Waals surface area contributed by atoms with E-state index in [2.05, 4.69) is 10.6 Å². The number of amides is 2. The van der Waals surface area contributed by atoms with Crippen LogP contribution in [-0.4, -0.2) is 22.8 Å². The van der Waals surface area contributed by atoms with E-state index in [9.17, 15) is 19.7 Å². The fourth-order valence-corrected chi connectivity index (χ4v) is 3.06. The third kappa shape index (κ3) is 4.73. The molecule has 7 nitrogen and oxygen atoms in total. The molecule has 2 aromatic rings. The lowest BCUT2D eigenvalue weighted by Gasteiger charge is -2.22. The molecule has 0 radical (unpaired) electrons. The number of non-ortho nitro benzene ring substituents is 1. The van der Waals surface area contributed by atoms with E-state index in [1.54, 1.807) is 6.92 Å². The van der Waals surface area contributed by atoms with Crippen molar-refractivity contribution in [2.24, 2.45) is 5.92 Å². The summed E-state index contributed by atoms with van der Waals surface area (Å²) >= 11 is 0. The molecule has 0 heterocycles. The quantitative estimate of drug-likeness (QED) is 0.567. The molecule has 2 N–H and O–H groups in total. The van der Waals surface area contributed by atoms with E-state index < -0.39 is 16.9 Å². The normalized spacial score (nSPS) is 15.4. The molecule has 0 aromatic heterocycles. The Balaban J connectivity index is 1.64. The summed E-state index contributed by atoms with van der Waals surface area (Å²) in [5.41, 5.74) is 2.19. The molecule has 2 amide bonds. The predicted octanol–water partition coefficient (Wildman–Crippen LogP) is 3.29. The molecule has 1 aliphatic carbocycles. The fraction of sp³-hybridized carbons (Fsp3) is 0.333. The Kier molecular flexibility index (Phi) is 5.73. The van der Waals surface area contributed by atoms with Crippen LogP contribution in [0.3, 0.4) is 0 Å². The van der Waals surface area contributed by atoms with Crippen molar-refractivity contribution in [3.63, 3.8) is 0 Å². The first-order chi connectivity index (χ1) is 13.3. The van der Waals surface area contributed by atoms with E-state index in [0.29, 0.717) is 5.92 Å². The molecule has 2 aromatic carbocycles. The molecule has 2 atom stereocenters. The van der Waals surface area contributed by atoms with Crippen molar-refractivity contribution in [1.82, 2.24) is 10.6 Å². The Bertz CT molecular complexity index is 891. The van der Waals surface area contributed by atoms with Gasteiger partial charge >= 0.3 is 0 Å². The SMILES string of the molecule is Cc1ccc(C(NC(=O)C(C)NC(=O)c2cccc([N+](=O)[O-])c2)C2CC2)cc1. The number of benzene rings is 2. The molecule has 3 rings (SSSR count). The van der Waals surface area contributed by atoms with E-state index in [1.807, 2.05) is 31.2 Å². The van der Waals surface area contributed by atoms with Gasteiger partial charge in [-0.25, -0.2) is 0 Å². The van der Waals surface area contributed by atoms with Gasteiger partial charge in [-0.2, -0.15) is 0 Å². The van der Waals surface area contributed by atoms with Gasteiger partial charge in [0.25, 0.3) is 11.6 Å². The van der Waals surface area contributed by atoms with Gasteiger partial charge in [-0.15, -0.1) is 0 Å². The minimum absolute atomic E-state index is 0.0785. The maximum absolute atomic E-state index is 12.6. The summed E-state index contributed by atoms with van der Waals surface area (Å²) in [6, 6.07) is 12.7. The third-order valence-corrected chi connectivity index (χ3v) is 4.89. The maximum atomic E-state index is 12.6. The largest absolute Gasteiger partial charge is 0.347 e. The van der Waals surface area contributed by atoms with Crippen LogP contribution < -0.4 is 10.6 Å². The number of hydrogen-bond acceptors (Lipinski definition) is 4. The summed E-state index contributed by atoms with van der Waals surface area (Å²) in [7, 11) is 0. The molecule has 0 aliphatic heterocycles. The number of rotatable bonds is 7. The zero-order chi connectivity index (χ0) is 20.3. The number of nitro benzene ring substituents is 1. The number of nitro groups is 1. The molecule has 1 aliphatic rings. The van der Waals surface area contributed by atoms with E-state index in [-0.39, 0.29) is 23.2 Å². The van der Waals surface area contributed by atoms with E-state index in [0.717, 1.165) is 24.0 Å². The molecule has 2 unspecified atom stereocenters. The number of carbonyl (C=O) groups is 2. The molecule has 0 saturated heterocycles. The lowest BCUT2D eigenvalue weighted by Crippen LogP contribution is -2.46. The fourth-order valence-electron chi connectivity index (χ4n) is 3.06. The van der Waals surface area contributed by atoms with Crippen LogP contribution in [0.4, 0.5) is 5.69 Å². The molecule has 0 bridgehead atoms. The first-order valence-electron chi connectivity index (χ1n) is 9.27. The van der Waals surface area contributed by atoms with Crippen molar-refractivity contribution in [3.05, 3.63) is 75.3 Å². The summed E-state index contributed by atoms with van der Waals surface area (Å²) in [6.07, 6.45) is 2.13. The number of nitrogens with one attached hydrogen (secondary N) is 2. The summed E-state index contributed by atoms with van der Waals surface area (Å²) in [6.45, 7) is 3.61. The van der Waals surface area contributed by atoms with Crippen LogP contribution in [0, 0.1) is 23.0 Å². The van der Waals surface area contributed by atoms with Gasteiger partial charge in [0.05, 0.1) is 11.0 Å². The second-order valence-electron chi connectivity index (χ2n) is 7.24. The smallest absolute Gasteiger partial charge is 0.270 e. The Labute approximate surface area is 163 Å². The molecule has 7 heteroatoms. The molecular weight excluding hydrogens is 358 g/mol. The van der Waals surface area contributed by atoms with Gasteiger partial charge in [0.15, 0.2) is 0 Å². The number of carbonyl (C=O) groups excluding carboxylic acids is 2. The summed E-state index contributed by atoms with van der Waals surface area (Å²) in [5.74, 6) is -0.396. The van der Waals surface area contributed by atoms with Crippen molar-refractivity contribution in [1.29, 1.82) is 0 Å². The van der Waals surface area contributed by atoms with Gasteiger partial charge in [0.2, 0.25) is 5.91 Å². The lowest BCUT2D eigenvalue weighted by molar-refractivity contribution is -0.384. The highest BCUT2D eigenvalue weighted by molar-refractivity contribution is 5.97. The van der Waals surface area contributed by atoms with E-state index in [4.69, 9.17) is 0 Å². The molecule has 1 saturated carbocycles. The summed E-state index contributed by atoms with van der Waals surface area (Å²) in [4.78, 5) is 35.3. The molecule has 0 spiro atoms. The van der Waals surface area contributed by atoms with Crippen LogP contribution in [0.1, 0.15) is 47.3 Å². The number of nitrogens with zero attached hydrogens (tertiary/aromatic N) is 1. The summed E-state index contributed by atoms with van der Waals surface area (Å²) < 4.78 is 0. The second kappa shape index (κ2) is 8.21. The van der Waals surface area contributed by atoms with E-state index >= 15 is 0 Å². The Hall–Kier alpha value is -3.22. The van der Waals surface area contributed by atoms with Crippen molar-refractivity contribution < 1.29 is 14.5 Å². The third-order valence-electron chi connectivity index (χ3n) is 4.89. The highest BCUT2D eigenvalue weighted by Gasteiger charge is 2.34. The number of hydrogen-bond donors (Lipinski definition) is 2. The van der Waals surface area contributed by atoms with Crippen LogP contribution in [0.2, 0.25) is 0 Å². The van der Waals surface area contributed by atoms with Crippen LogP contribution >= 0.6 is 0 Å². The van der Waals surface area contributed by atoms with Crippen molar-refractivity contribution in [2.75, 3.05) is 0 Å². The highest BCUT2D eigenvalue weighted by atomic mass is 16.6. The maximum Gasteiger partial charge on any atom is 0.270 e. The van der Waals surface area contributed by atoms with Crippen molar-refractivity contribution in [3.8, 4) is 0 Å². The van der Waals surface area contributed by atoms with Crippen LogP contribution in [-0.2, 0) is 4.79 Å². The second-order valence-corrected chi connectivity index (χ2v) is 7.24. The molecule has 1 fully saturated rings. The van der Waals surface area contributed by atoms with Gasteiger partial charge < -0.3 is 10.6 Å². The molecule has 146 valence electrons. The van der Waals surface area contributed by atoms with Crippen LogP contribution in [0.5, 0.6) is 0 Å². The predicted molar refractivity (Wildman–Crippen MR) is 105 cm³/mol. The Morgan fingerprint density at radius 3 is 2.39 bits per heavy atom. The van der Waals surface area contributed by atoms with Crippen molar-refractivity contribution >= 4 is 17.5 Å². The first-order valence-corrected chi connectivity index (χ1v) is 9.27. The van der Waals surface area contributed by atoms with Gasteiger partial charge in [-0.3, -0.25) is 19.7 Å². The van der Waals surface area contributed by atoms with Gasteiger partial charge in [0.1, 0.15) is 6.04 Å². The minimum Gasteiger partial charge on any atom is -0.347 e. The van der Waals surface area contributed by atoms with E-state index in [1.165, 1.54) is 24.3 Å². The topological polar surface area (TPSA) is 101 Å². The first kappa shape index (κ1) is 19.5. The average molecular weight is 381 g/mol. The van der Waals surface area contributed by atoms with Gasteiger partial charge in [0, 0.05) is 17.7 Å². The van der Waals surface area contributed by atoms with Crippen LogP contribution in [0.15, 0.2) is 48.5 Å². The monoisotopic (exact) mass is 381 g/mol. The highest BCUT2D eigenvalue weighted by Crippen LogP contribution is 2.41. The zero-order valence-electron chi connectivity index (χ0n) is 15.8. The Morgan fingerprint density at radius 2 is 1.79 bits per heavy atom. The summed E-state index contributed by atoms with van der Waals surface area (Å²) in [5, 5.41) is 16.5. The zero-order valence-corrected chi connectivity index (χ0v) is 15.8. The number of aryl methyl sites for hydroxylation is 1. The van der Waals surface area contributed by atoms with Gasteiger partial charge in [-0.1, -0.05) is 35.9 Å². The Morgan fingerprint density at radius 1 is 1.11 bits per heavy atom. The van der Waals surface area contributed by atoms with Gasteiger partial charge in [-0.05, 0) is 44.2 Å². The van der Waals surface area contributed by atoms with Crippen LogP contribution in [0.25, 0.3) is 0 Å². The lowest BCUT2D eigenvalue weighted by atomic mass is 10.0.